The molecule has 0 saturated heterocycles. The summed E-state index contributed by atoms with van der Waals surface area (Å²) in [5, 5.41) is 0. The molecule has 0 aliphatic heterocycles. The molecule has 0 unspecified atom stereocenters. The second-order valence-electron chi connectivity index (χ2n) is 6.45. The van der Waals surface area contributed by atoms with Gasteiger partial charge in [0.15, 0.2) is 0 Å². The molecule has 0 fully saturated rings. The predicted octanol–water partition coefficient (Wildman–Crippen LogP) is 6.40. The lowest BCUT2D eigenvalue weighted by molar-refractivity contribution is 0.660. The van der Waals surface area contributed by atoms with Gasteiger partial charge in [-0.15, -0.1) is 0 Å². The van der Waals surface area contributed by atoms with Crippen molar-refractivity contribution in [2.45, 2.75) is 12.3 Å². The number of benzene rings is 3. The van der Waals surface area contributed by atoms with Crippen molar-refractivity contribution in [3.8, 4) is 0 Å². The van der Waals surface area contributed by atoms with Gasteiger partial charge in [-0.05, 0) is 37.4 Å². The number of nitrogens with zero attached hydrogens (tertiary/aromatic N) is 2. The molecular formula is C22H25N2P. The van der Waals surface area contributed by atoms with Crippen LogP contribution in [0.1, 0.15) is 11.1 Å². The molecule has 0 amide bonds. The summed E-state index contributed by atoms with van der Waals surface area (Å²) < 4.78 is 7.68. The van der Waals surface area contributed by atoms with Crippen LogP contribution >= 0.6 is 7.21 Å². The fourth-order valence-electron chi connectivity index (χ4n) is 2.96. The maximum absolute atomic E-state index is 5.32. The molecule has 0 aliphatic rings. The zero-order valence-corrected chi connectivity index (χ0v) is 15.8. The Bertz CT molecular complexity index is 782. The van der Waals surface area contributed by atoms with Crippen LogP contribution in [0.4, 0.5) is 5.69 Å². The van der Waals surface area contributed by atoms with Gasteiger partial charge >= 0.3 is 0 Å². The third-order valence-corrected chi connectivity index (χ3v) is 8.20. The molecule has 0 atom stereocenters. The van der Waals surface area contributed by atoms with Crippen LogP contribution in [0.15, 0.2) is 95.7 Å². The maximum atomic E-state index is 5.32. The third kappa shape index (κ3) is 4.69. The van der Waals surface area contributed by atoms with E-state index in [1.165, 1.54) is 11.1 Å². The molecule has 0 saturated carbocycles. The van der Waals surface area contributed by atoms with Crippen LogP contribution in [-0.2, 0) is 12.3 Å². The highest BCUT2D eigenvalue weighted by molar-refractivity contribution is 7.62. The zero-order valence-electron chi connectivity index (χ0n) is 14.9. The first-order valence-corrected chi connectivity index (χ1v) is 10.7. The monoisotopic (exact) mass is 348 g/mol. The van der Waals surface area contributed by atoms with Crippen molar-refractivity contribution >= 4 is 12.9 Å². The number of hydrogen-bond acceptors (Lipinski definition) is 1. The molecule has 128 valence electrons. The summed E-state index contributed by atoms with van der Waals surface area (Å²) in [6, 6.07) is 31.8. The van der Waals surface area contributed by atoms with Crippen LogP contribution in [0.3, 0.4) is 0 Å². The Balaban J connectivity index is 2.09. The first-order chi connectivity index (χ1) is 12.2. The molecule has 0 N–H and O–H groups in total. The van der Waals surface area contributed by atoms with Crippen molar-refractivity contribution < 1.29 is 0 Å². The van der Waals surface area contributed by atoms with Gasteiger partial charge in [-0.1, -0.05) is 78.9 Å². The summed E-state index contributed by atoms with van der Waals surface area (Å²) in [5.74, 6) is 0. The van der Waals surface area contributed by atoms with E-state index >= 15 is 0 Å². The Labute approximate surface area is 151 Å². The topological polar surface area (TPSA) is 15.6 Å². The van der Waals surface area contributed by atoms with E-state index in [0.29, 0.717) is 0 Å². The van der Waals surface area contributed by atoms with E-state index in [0.717, 1.165) is 18.0 Å². The molecule has 2 nitrogen and oxygen atoms in total. The molecule has 0 aliphatic carbocycles. The minimum Gasteiger partial charge on any atom is -0.275 e. The molecule has 3 aromatic carbocycles. The Morgan fingerprint density at radius 2 is 1.04 bits per heavy atom. The number of rotatable bonds is 6. The average Bonchev–Trinajstić information content (AvgIpc) is 2.64. The van der Waals surface area contributed by atoms with Gasteiger partial charge in [0.25, 0.3) is 0 Å². The first-order valence-electron chi connectivity index (χ1n) is 8.59. The number of hydrogen-bond donors (Lipinski definition) is 0. The second kappa shape index (κ2) is 8.29. The van der Waals surface area contributed by atoms with E-state index < -0.39 is 7.21 Å². The molecule has 0 radical (unpaired) electrons. The lowest BCUT2D eigenvalue weighted by atomic mass is 10.2. The largest absolute Gasteiger partial charge is 0.275 e. The van der Waals surface area contributed by atoms with Gasteiger partial charge in [-0.2, -0.15) is 0 Å². The van der Waals surface area contributed by atoms with Crippen LogP contribution < -0.4 is 0 Å². The quantitative estimate of drug-likeness (QED) is 0.471. The minimum absolute atomic E-state index is 0.977. The van der Waals surface area contributed by atoms with E-state index in [1.807, 2.05) is 6.07 Å². The molecule has 0 aromatic heterocycles. The second-order valence-corrected chi connectivity index (χ2v) is 9.84. The van der Waals surface area contributed by atoms with Gasteiger partial charge in [0.1, 0.15) is 0 Å². The van der Waals surface area contributed by atoms with Crippen molar-refractivity contribution in [3.05, 3.63) is 102 Å². The van der Waals surface area contributed by atoms with Crippen LogP contribution in [0.25, 0.3) is 0 Å². The van der Waals surface area contributed by atoms with Crippen LogP contribution in [0.5, 0.6) is 0 Å². The van der Waals surface area contributed by atoms with Gasteiger partial charge in [0.2, 0.25) is 0 Å². The SMILES string of the molecule is CN(C)P(Cc1ccccc1)(Cc1ccccc1)=Nc1ccccc1. The highest BCUT2D eigenvalue weighted by Gasteiger charge is 2.24. The minimum atomic E-state index is -1.78. The average molecular weight is 348 g/mol. The summed E-state index contributed by atoms with van der Waals surface area (Å²) in [5.41, 5.74) is 3.76. The lowest BCUT2D eigenvalue weighted by Gasteiger charge is -2.32. The van der Waals surface area contributed by atoms with E-state index in [2.05, 4.69) is 104 Å². The van der Waals surface area contributed by atoms with Crippen molar-refractivity contribution in [1.29, 1.82) is 0 Å². The van der Waals surface area contributed by atoms with Crippen molar-refractivity contribution in [2.24, 2.45) is 4.74 Å². The van der Waals surface area contributed by atoms with Gasteiger partial charge in [-0.25, -0.2) is 0 Å². The van der Waals surface area contributed by atoms with Crippen LogP contribution in [0, 0.1) is 0 Å². The van der Waals surface area contributed by atoms with Crippen LogP contribution in [-0.4, -0.2) is 18.8 Å². The Morgan fingerprint density at radius 3 is 1.44 bits per heavy atom. The van der Waals surface area contributed by atoms with Gasteiger partial charge in [0.05, 0.1) is 5.69 Å². The summed E-state index contributed by atoms with van der Waals surface area (Å²) >= 11 is 0. The molecule has 25 heavy (non-hydrogen) atoms. The molecule has 3 heteroatoms. The smallest absolute Gasteiger partial charge is 0.0629 e. The van der Waals surface area contributed by atoms with Gasteiger partial charge in [0, 0.05) is 19.5 Å². The molecule has 0 bridgehead atoms. The van der Waals surface area contributed by atoms with Crippen molar-refractivity contribution in [2.75, 3.05) is 14.1 Å². The molecule has 0 heterocycles. The zero-order chi connectivity index (χ0) is 17.5. The third-order valence-electron chi connectivity index (χ3n) is 4.36. The van der Waals surface area contributed by atoms with E-state index in [4.69, 9.17) is 4.74 Å². The van der Waals surface area contributed by atoms with Gasteiger partial charge in [-0.3, -0.25) is 9.42 Å². The van der Waals surface area contributed by atoms with Crippen LogP contribution in [0.2, 0.25) is 0 Å². The standard InChI is InChI=1S/C22H25N2P/c1-24(2)25(18-20-12-6-3-7-13-20,19-21-14-8-4-9-15-21)23-22-16-10-5-11-17-22/h3-17H,18-19H2,1-2H3. The highest BCUT2D eigenvalue weighted by Crippen LogP contribution is 2.59. The fourth-order valence-corrected chi connectivity index (χ4v) is 6.11. The summed E-state index contributed by atoms with van der Waals surface area (Å²) in [6.07, 6.45) is 1.95. The van der Waals surface area contributed by atoms with E-state index in [-0.39, 0.29) is 0 Å². The Kier molecular flexibility index (Phi) is 5.86. The van der Waals surface area contributed by atoms with Crippen molar-refractivity contribution in [1.82, 2.24) is 4.67 Å². The maximum Gasteiger partial charge on any atom is 0.0629 e. The molecule has 3 rings (SSSR count). The summed E-state index contributed by atoms with van der Waals surface area (Å²) in [7, 11) is 2.57. The summed E-state index contributed by atoms with van der Waals surface area (Å²) in [4.78, 5) is 0. The Hall–Kier alpha value is -2.15. The first kappa shape index (κ1) is 17.7. The molecular weight excluding hydrogens is 323 g/mol. The fraction of sp³-hybridized carbons (Fsp3) is 0.182. The lowest BCUT2D eigenvalue weighted by Crippen LogP contribution is -2.12. The predicted molar refractivity (Wildman–Crippen MR) is 109 cm³/mol. The van der Waals surface area contributed by atoms with E-state index in [1.54, 1.807) is 0 Å². The normalized spacial score (nSPS) is 11.5. The molecule has 0 spiro atoms. The van der Waals surface area contributed by atoms with Crippen molar-refractivity contribution in [3.63, 3.8) is 0 Å². The van der Waals surface area contributed by atoms with Gasteiger partial charge < -0.3 is 0 Å². The van der Waals surface area contributed by atoms with E-state index in [9.17, 15) is 0 Å². The molecule has 3 aromatic rings. The highest BCUT2D eigenvalue weighted by atomic mass is 31.2. The summed E-state index contributed by atoms with van der Waals surface area (Å²) in [6.45, 7) is 0. The Morgan fingerprint density at radius 1 is 0.640 bits per heavy atom.